The summed E-state index contributed by atoms with van der Waals surface area (Å²) in [4.78, 5) is 0. The normalized spacial score (nSPS) is 19.8. The molecule has 4 heteroatoms. The Hall–Kier alpha value is -3.27. The second-order valence-corrected chi connectivity index (χ2v) is 7.48. The van der Waals surface area contributed by atoms with E-state index in [-0.39, 0.29) is 12.3 Å². The Morgan fingerprint density at radius 3 is 2.48 bits per heavy atom. The van der Waals surface area contributed by atoms with Crippen molar-refractivity contribution >= 4 is 5.71 Å². The predicted molar refractivity (Wildman–Crippen MR) is 114 cm³/mol. The monoisotopic (exact) mass is 384 g/mol. The first kappa shape index (κ1) is 17.8. The molecule has 2 atom stereocenters. The van der Waals surface area contributed by atoms with Crippen molar-refractivity contribution in [2.45, 2.75) is 32.0 Å². The fourth-order valence-corrected chi connectivity index (χ4v) is 4.13. The van der Waals surface area contributed by atoms with Gasteiger partial charge in [0.05, 0.1) is 18.9 Å². The van der Waals surface area contributed by atoms with Gasteiger partial charge in [-0.25, -0.2) is 5.01 Å². The summed E-state index contributed by atoms with van der Waals surface area (Å²) in [7, 11) is 1.69. The van der Waals surface area contributed by atoms with Gasteiger partial charge >= 0.3 is 0 Å². The third-order valence-corrected chi connectivity index (χ3v) is 5.80. The van der Waals surface area contributed by atoms with Crippen LogP contribution in [0.4, 0.5) is 0 Å². The average Bonchev–Trinajstić information content (AvgIpc) is 3.24. The summed E-state index contributed by atoms with van der Waals surface area (Å²) in [5.74, 6) is 1.80. The maximum absolute atomic E-state index is 6.42. The van der Waals surface area contributed by atoms with Gasteiger partial charge < -0.3 is 9.47 Å². The van der Waals surface area contributed by atoms with Crippen LogP contribution in [0.2, 0.25) is 0 Å². The minimum absolute atomic E-state index is 0.174. The number of aryl methyl sites for hydroxylation is 1. The molecule has 146 valence electrons. The van der Waals surface area contributed by atoms with Crippen LogP contribution in [0.5, 0.6) is 11.5 Å². The highest BCUT2D eigenvalue weighted by Gasteiger charge is 2.40. The lowest BCUT2D eigenvalue weighted by atomic mass is 9.96. The van der Waals surface area contributed by atoms with Gasteiger partial charge in [-0.3, -0.25) is 0 Å². The molecule has 0 aromatic heterocycles. The molecule has 2 aliphatic rings. The maximum atomic E-state index is 6.42. The van der Waals surface area contributed by atoms with E-state index in [1.54, 1.807) is 7.11 Å². The molecule has 2 unspecified atom stereocenters. The van der Waals surface area contributed by atoms with Crippen molar-refractivity contribution in [1.82, 2.24) is 5.01 Å². The van der Waals surface area contributed by atoms with Crippen molar-refractivity contribution in [1.29, 1.82) is 0 Å². The minimum Gasteiger partial charge on any atom is -0.497 e. The van der Waals surface area contributed by atoms with E-state index >= 15 is 0 Å². The molecule has 2 heterocycles. The van der Waals surface area contributed by atoms with Crippen LogP contribution in [0.3, 0.4) is 0 Å². The molecule has 3 aromatic rings. The molecule has 0 fully saturated rings. The first-order valence-corrected chi connectivity index (χ1v) is 10.1. The fraction of sp³-hybridized carbons (Fsp3) is 0.240. The summed E-state index contributed by atoms with van der Waals surface area (Å²) in [6.45, 7) is 2.17. The largest absolute Gasteiger partial charge is 0.497 e. The third kappa shape index (κ3) is 3.15. The molecular formula is C25H24N2O2. The van der Waals surface area contributed by atoms with E-state index in [1.165, 1.54) is 11.1 Å². The van der Waals surface area contributed by atoms with Crippen molar-refractivity contribution in [3.8, 4) is 11.5 Å². The fourth-order valence-electron chi connectivity index (χ4n) is 4.13. The molecule has 0 amide bonds. The Morgan fingerprint density at radius 2 is 1.76 bits per heavy atom. The molecule has 2 aliphatic heterocycles. The Bertz CT molecular complexity index is 1040. The van der Waals surface area contributed by atoms with Crippen LogP contribution in [0.15, 0.2) is 77.9 Å². The highest BCUT2D eigenvalue weighted by molar-refractivity contribution is 6.02. The van der Waals surface area contributed by atoms with Gasteiger partial charge in [0.2, 0.25) is 6.23 Å². The third-order valence-electron chi connectivity index (χ3n) is 5.80. The lowest BCUT2D eigenvalue weighted by Gasteiger charge is -2.38. The molecule has 0 saturated heterocycles. The summed E-state index contributed by atoms with van der Waals surface area (Å²) in [5.41, 5.74) is 5.85. The van der Waals surface area contributed by atoms with Gasteiger partial charge in [0.15, 0.2) is 0 Å². The molecule has 3 aromatic carbocycles. The molecule has 0 spiro atoms. The highest BCUT2D eigenvalue weighted by Crippen LogP contribution is 2.47. The van der Waals surface area contributed by atoms with Gasteiger partial charge in [-0.15, -0.1) is 0 Å². The van der Waals surface area contributed by atoms with Gasteiger partial charge in [-0.05, 0) is 47.9 Å². The van der Waals surface area contributed by atoms with Crippen LogP contribution in [-0.4, -0.2) is 17.8 Å². The summed E-state index contributed by atoms with van der Waals surface area (Å²) >= 11 is 0. The summed E-state index contributed by atoms with van der Waals surface area (Å²) in [5, 5.41) is 7.15. The number of benzene rings is 3. The van der Waals surface area contributed by atoms with Gasteiger partial charge in [0, 0.05) is 17.5 Å². The van der Waals surface area contributed by atoms with E-state index in [1.807, 2.05) is 18.2 Å². The number of hydrazone groups is 1. The number of ether oxygens (including phenoxy) is 2. The van der Waals surface area contributed by atoms with Crippen LogP contribution >= 0.6 is 0 Å². The van der Waals surface area contributed by atoms with Gasteiger partial charge in [0.25, 0.3) is 0 Å². The summed E-state index contributed by atoms with van der Waals surface area (Å²) < 4.78 is 11.7. The van der Waals surface area contributed by atoms with E-state index in [0.29, 0.717) is 0 Å². The van der Waals surface area contributed by atoms with Crippen molar-refractivity contribution < 1.29 is 9.47 Å². The molecule has 0 aliphatic carbocycles. The zero-order chi connectivity index (χ0) is 19.8. The topological polar surface area (TPSA) is 34.1 Å². The van der Waals surface area contributed by atoms with E-state index < -0.39 is 0 Å². The lowest BCUT2D eigenvalue weighted by molar-refractivity contribution is -0.0190. The smallest absolute Gasteiger partial charge is 0.213 e. The van der Waals surface area contributed by atoms with Crippen LogP contribution in [0.1, 0.15) is 47.9 Å². The number of methoxy groups -OCH3 is 1. The van der Waals surface area contributed by atoms with Crippen LogP contribution in [-0.2, 0) is 6.42 Å². The quantitative estimate of drug-likeness (QED) is 0.596. The Labute approximate surface area is 171 Å². The average molecular weight is 384 g/mol. The number of hydrogen-bond acceptors (Lipinski definition) is 4. The minimum atomic E-state index is -0.225. The van der Waals surface area contributed by atoms with E-state index in [2.05, 4.69) is 66.5 Å². The zero-order valence-electron chi connectivity index (χ0n) is 16.7. The van der Waals surface area contributed by atoms with E-state index in [0.717, 1.165) is 41.2 Å². The molecule has 0 saturated carbocycles. The van der Waals surface area contributed by atoms with Crippen molar-refractivity contribution in [3.63, 3.8) is 0 Å². The molecule has 0 bridgehead atoms. The second-order valence-electron chi connectivity index (χ2n) is 7.48. The Morgan fingerprint density at radius 1 is 1.00 bits per heavy atom. The van der Waals surface area contributed by atoms with Gasteiger partial charge in [-0.2, -0.15) is 5.10 Å². The molecule has 4 nitrogen and oxygen atoms in total. The molecule has 0 N–H and O–H groups in total. The second kappa shape index (κ2) is 7.28. The van der Waals surface area contributed by atoms with Crippen molar-refractivity contribution in [2.75, 3.05) is 7.11 Å². The molecular weight excluding hydrogens is 360 g/mol. The maximum Gasteiger partial charge on any atom is 0.213 e. The number of hydrogen-bond donors (Lipinski definition) is 0. The predicted octanol–water partition coefficient (Wildman–Crippen LogP) is 5.50. The van der Waals surface area contributed by atoms with Crippen LogP contribution in [0, 0.1) is 0 Å². The zero-order valence-corrected chi connectivity index (χ0v) is 16.7. The Balaban J connectivity index is 1.54. The summed E-state index contributed by atoms with van der Waals surface area (Å²) in [6, 6.07) is 25.3. The van der Waals surface area contributed by atoms with Crippen molar-refractivity contribution in [2.24, 2.45) is 5.10 Å². The van der Waals surface area contributed by atoms with Gasteiger partial charge in [-0.1, -0.05) is 49.4 Å². The number of fused-ring (bicyclic) bond motifs is 3. The molecule has 29 heavy (non-hydrogen) atoms. The van der Waals surface area contributed by atoms with Gasteiger partial charge in [0.1, 0.15) is 11.5 Å². The first-order valence-electron chi connectivity index (χ1n) is 10.1. The first-order chi connectivity index (χ1) is 14.3. The van der Waals surface area contributed by atoms with E-state index in [4.69, 9.17) is 14.6 Å². The number of rotatable bonds is 4. The van der Waals surface area contributed by atoms with Crippen LogP contribution in [0.25, 0.3) is 0 Å². The van der Waals surface area contributed by atoms with Crippen LogP contribution < -0.4 is 9.47 Å². The number of nitrogens with zero attached hydrogens (tertiary/aromatic N) is 2. The molecule has 5 rings (SSSR count). The highest BCUT2D eigenvalue weighted by atomic mass is 16.5. The SMILES string of the molecule is CCc1ccc(C2Oc3ccccc3C3CC(c4ccc(OC)cc4)=NN32)cc1. The summed E-state index contributed by atoms with van der Waals surface area (Å²) in [6.07, 6.45) is 1.66. The Kier molecular flexibility index (Phi) is 4.47. The lowest BCUT2D eigenvalue weighted by Crippen LogP contribution is -2.33. The van der Waals surface area contributed by atoms with E-state index in [9.17, 15) is 0 Å². The number of para-hydroxylation sites is 1. The molecule has 0 radical (unpaired) electrons. The van der Waals surface area contributed by atoms with Crippen molar-refractivity contribution in [3.05, 3.63) is 95.1 Å². The standard InChI is InChI=1S/C25H24N2O2/c1-3-17-8-10-19(11-9-17)25-27-23(21-6-4-5-7-24(21)29-25)16-22(26-27)18-12-14-20(28-2)15-13-18/h4-15,23,25H,3,16H2,1-2H3.